The molecular weight excluding hydrogens is 402 g/mol. The van der Waals surface area contributed by atoms with Crippen LogP contribution in [0.2, 0.25) is 0 Å². The second-order valence-electron chi connectivity index (χ2n) is 6.82. The molecule has 0 aromatic rings. The van der Waals surface area contributed by atoms with Crippen LogP contribution in [0.15, 0.2) is 24.4 Å². The number of hydrogen-bond acceptors (Lipinski definition) is 7. The third-order valence-corrected chi connectivity index (χ3v) is 5.52. The molecule has 6 atom stereocenters. The summed E-state index contributed by atoms with van der Waals surface area (Å²) in [7, 11) is -4.79. The minimum atomic E-state index is -4.79. The maximum absolute atomic E-state index is 15.1. The first-order chi connectivity index (χ1) is 12.7. The zero-order chi connectivity index (χ0) is 21.5. The van der Waals surface area contributed by atoms with Gasteiger partial charge in [-0.1, -0.05) is 6.58 Å². The van der Waals surface area contributed by atoms with Gasteiger partial charge < -0.3 is 24.9 Å². The van der Waals surface area contributed by atoms with Crippen molar-refractivity contribution in [3.63, 3.8) is 0 Å². The van der Waals surface area contributed by atoms with Gasteiger partial charge in [-0.3, -0.25) is 19.0 Å². The van der Waals surface area contributed by atoms with Gasteiger partial charge in [-0.15, -0.1) is 0 Å². The number of aliphatic hydroxyl groups excluding tert-OH is 1. The Morgan fingerprint density at radius 3 is 2.79 bits per heavy atom. The number of carboxylic acids is 1. The molecule has 0 radical (unpaired) electrons. The van der Waals surface area contributed by atoms with Crippen LogP contribution in [0.25, 0.3) is 0 Å². The molecule has 0 aliphatic carbocycles. The van der Waals surface area contributed by atoms with E-state index in [1.54, 1.807) is 5.09 Å². The van der Waals surface area contributed by atoms with E-state index in [4.69, 9.17) is 9.84 Å². The Hall–Kier alpha value is -1.66. The topological polar surface area (TPSA) is 166 Å². The zero-order valence-corrected chi connectivity index (χ0v) is 16.0. The number of aliphatic carboxylic acids is 1. The van der Waals surface area contributed by atoms with Crippen LogP contribution in [-0.2, 0) is 23.4 Å². The summed E-state index contributed by atoms with van der Waals surface area (Å²) in [4.78, 5) is 33.4. The third-order valence-electron chi connectivity index (χ3n) is 4.32. The van der Waals surface area contributed by atoms with Crippen molar-refractivity contribution >= 4 is 19.6 Å². The molecule has 2 rings (SSSR count). The van der Waals surface area contributed by atoms with E-state index in [9.17, 15) is 29.3 Å². The van der Waals surface area contributed by atoms with E-state index < -0.39 is 56.1 Å². The van der Waals surface area contributed by atoms with Crippen LogP contribution in [0.5, 0.6) is 0 Å². The van der Waals surface area contributed by atoms with Crippen molar-refractivity contribution in [2.24, 2.45) is 0 Å². The number of carbonyl (C=O) groups is 2. The van der Waals surface area contributed by atoms with Crippen LogP contribution in [0.4, 0.5) is 4.39 Å². The lowest BCUT2D eigenvalue weighted by molar-refractivity contribution is -0.210. The van der Waals surface area contributed by atoms with Crippen molar-refractivity contribution in [3.8, 4) is 0 Å². The van der Waals surface area contributed by atoms with E-state index in [-0.39, 0.29) is 6.42 Å². The number of aliphatic hydroxyl groups is 2. The minimum absolute atomic E-state index is 0.110. The molecule has 2 heterocycles. The molecule has 1 unspecified atom stereocenters. The molecule has 2 aliphatic rings. The number of halogens is 1. The molecule has 1 fully saturated rings. The van der Waals surface area contributed by atoms with E-state index in [2.05, 4.69) is 11.1 Å². The van der Waals surface area contributed by atoms with Crippen molar-refractivity contribution in [3.05, 3.63) is 24.4 Å². The normalized spacial score (nSPS) is 36.4. The summed E-state index contributed by atoms with van der Waals surface area (Å²) in [6.45, 7) is 4.37. The van der Waals surface area contributed by atoms with Crippen molar-refractivity contribution in [2.75, 3.05) is 6.61 Å². The summed E-state index contributed by atoms with van der Waals surface area (Å²) in [6.07, 6.45) is -1.37. The average molecular weight is 424 g/mol. The number of alkyl halides is 1. The predicted molar refractivity (Wildman–Crippen MR) is 91.1 cm³/mol. The molecule has 0 aromatic heterocycles. The highest BCUT2D eigenvalue weighted by molar-refractivity contribution is 7.50. The van der Waals surface area contributed by atoms with Crippen LogP contribution in [0.1, 0.15) is 20.3 Å². The maximum Gasteiger partial charge on any atom is 0.403 e. The number of hydrogen-bond donors (Lipinski definition) is 5. The highest BCUT2D eigenvalue weighted by Gasteiger charge is 2.64. The number of amides is 1. The van der Waals surface area contributed by atoms with E-state index in [0.717, 1.165) is 18.7 Å². The second-order valence-corrected chi connectivity index (χ2v) is 8.38. The number of nitrogens with one attached hydrogen (secondary N) is 1. The zero-order valence-electron chi connectivity index (χ0n) is 15.1. The molecule has 0 bridgehead atoms. The molecule has 5 N–H and O–H groups in total. The molecule has 0 spiro atoms. The van der Waals surface area contributed by atoms with Crippen molar-refractivity contribution < 1.29 is 48.0 Å². The first-order valence-electron chi connectivity index (χ1n) is 8.12. The van der Waals surface area contributed by atoms with E-state index in [0.29, 0.717) is 5.57 Å². The largest absolute Gasteiger partial charge is 0.480 e. The Morgan fingerprint density at radius 2 is 2.25 bits per heavy atom. The van der Waals surface area contributed by atoms with E-state index in [1.165, 1.54) is 12.3 Å². The summed E-state index contributed by atoms with van der Waals surface area (Å²) >= 11 is 0. The van der Waals surface area contributed by atoms with Crippen LogP contribution < -0.4 is 5.09 Å². The predicted octanol–water partition coefficient (Wildman–Crippen LogP) is -0.398. The Bertz CT molecular complexity index is 758. The van der Waals surface area contributed by atoms with Crippen molar-refractivity contribution in [2.45, 2.75) is 50.1 Å². The van der Waals surface area contributed by atoms with E-state index in [1.807, 2.05) is 0 Å². The van der Waals surface area contributed by atoms with Gasteiger partial charge in [0.1, 0.15) is 24.4 Å². The minimum Gasteiger partial charge on any atom is -0.480 e. The lowest BCUT2D eigenvalue weighted by Crippen LogP contribution is -2.54. The molecule has 11 nitrogen and oxygen atoms in total. The monoisotopic (exact) mass is 424 g/mol. The molecule has 1 amide bonds. The lowest BCUT2D eigenvalue weighted by atomic mass is 9.94. The second kappa shape index (κ2) is 7.64. The van der Waals surface area contributed by atoms with Crippen LogP contribution in [-0.4, -0.2) is 73.4 Å². The summed E-state index contributed by atoms with van der Waals surface area (Å²) in [5.41, 5.74) is -1.81. The van der Waals surface area contributed by atoms with Gasteiger partial charge in [0.15, 0.2) is 6.23 Å². The van der Waals surface area contributed by atoms with Gasteiger partial charge in [-0.05, 0) is 25.5 Å². The summed E-state index contributed by atoms with van der Waals surface area (Å²) in [5.74, 6) is -5.19. The highest BCUT2D eigenvalue weighted by Crippen LogP contribution is 2.46. The summed E-state index contributed by atoms with van der Waals surface area (Å²) in [5, 5.41) is 31.2. The summed E-state index contributed by atoms with van der Waals surface area (Å²) in [6, 6.07) is -1.49. The fourth-order valence-corrected chi connectivity index (χ4v) is 3.75. The molecule has 1 saturated heterocycles. The van der Waals surface area contributed by atoms with Gasteiger partial charge in [0.25, 0.3) is 5.85 Å². The molecule has 158 valence electrons. The Morgan fingerprint density at radius 1 is 1.64 bits per heavy atom. The average Bonchev–Trinajstić information content (AvgIpc) is 2.74. The van der Waals surface area contributed by atoms with Gasteiger partial charge in [0.2, 0.25) is 5.91 Å². The molecule has 0 aromatic carbocycles. The number of rotatable bonds is 7. The molecule has 28 heavy (non-hydrogen) atoms. The van der Waals surface area contributed by atoms with Gasteiger partial charge in [-0.2, -0.15) is 0 Å². The van der Waals surface area contributed by atoms with Crippen molar-refractivity contribution in [1.82, 2.24) is 9.99 Å². The Kier molecular flexibility index (Phi) is 6.17. The van der Waals surface area contributed by atoms with Crippen LogP contribution in [0, 0.1) is 0 Å². The number of ether oxygens (including phenoxy) is 1. The smallest absolute Gasteiger partial charge is 0.403 e. The van der Waals surface area contributed by atoms with Crippen LogP contribution in [0.3, 0.4) is 0 Å². The fraction of sp³-hybridized carbons (Fsp3) is 0.600. The van der Waals surface area contributed by atoms with Crippen molar-refractivity contribution in [1.29, 1.82) is 0 Å². The summed E-state index contributed by atoms with van der Waals surface area (Å²) < 4.78 is 36.5. The quantitative estimate of drug-likeness (QED) is 0.340. The highest BCUT2D eigenvalue weighted by atomic mass is 31.2. The third kappa shape index (κ3) is 4.49. The fourth-order valence-electron chi connectivity index (χ4n) is 2.73. The van der Waals surface area contributed by atoms with Gasteiger partial charge in [-0.25, -0.2) is 14.0 Å². The standard InChI is InChI=1S/C15H22FN2O9P/c1-8-4-5-18(10(19)6-8)13-14(3,23)12(22)15(16,27-13)7-26-28(24,25)17-9(2)11(20)21/h4-5,9,12-13,22-23H,1,6-7H2,2-3H3,(H,20,21)(H2,17,24,25)/t9-,12-,13+,14+,15+/m0/s1. The van der Waals surface area contributed by atoms with Gasteiger partial charge in [0.05, 0.1) is 6.42 Å². The van der Waals surface area contributed by atoms with E-state index >= 15 is 4.39 Å². The Balaban J connectivity index is 2.16. The first kappa shape index (κ1) is 22.6. The number of allylic oxidation sites excluding steroid dienone is 1. The molecule has 0 saturated carbocycles. The SMILES string of the molecule is C=C1C=CN([C@@H]2O[C@](F)(COP(=O)(O)N[C@@H](C)C(=O)O)[C@@H](O)[C@@]2(C)O)C(=O)C1. The molecule has 13 heteroatoms. The van der Waals surface area contributed by atoms with Gasteiger partial charge in [0, 0.05) is 6.20 Å². The number of carbonyl (C=O) groups excluding carboxylic acids is 1. The molecular formula is C15H22FN2O9P. The van der Waals surface area contributed by atoms with Gasteiger partial charge >= 0.3 is 13.7 Å². The molecule has 2 aliphatic heterocycles. The van der Waals surface area contributed by atoms with Crippen LogP contribution >= 0.6 is 7.75 Å². The number of nitrogens with zero attached hydrogens (tertiary/aromatic N) is 1. The maximum atomic E-state index is 15.1. The lowest BCUT2D eigenvalue weighted by Gasteiger charge is -2.34. The first-order valence-corrected chi connectivity index (χ1v) is 9.69. The number of carboxylic acid groups (broad SMARTS) is 1. The Labute approximate surface area is 159 Å².